The molecule has 0 bridgehead atoms. The van der Waals surface area contributed by atoms with Gasteiger partial charge in [-0.1, -0.05) is 41.4 Å². The van der Waals surface area contributed by atoms with E-state index in [1.807, 2.05) is 38.2 Å². The van der Waals surface area contributed by atoms with E-state index in [9.17, 15) is 0 Å². The number of rotatable bonds is 5. The van der Waals surface area contributed by atoms with Crippen molar-refractivity contribution >= 4 is 17.3 Å². The van der Waals surface area contributed by atoms with E-state index in [4.69, 9.17) is 4.98 Å². The van der Waals surface area contributed by atoms with E-state index in [0.717, 1.165) is 35.4 Å². The molecule has 0 unspecified atom stereocenters. The first-order valence-electron chi connectivity index (χ1n) is 8.24. The number of benzene rings is 2. The second-order valence-electron chi connectivity index (χ2n) is 5.55. The minimum Gasteiger partial charge on any atom is -0.313 e. The van der Waals surface area contributed by atoms with Gasteiger partial charge in [-0.05, 0) is 31.2 Å². The molecule has 3 aromatic rings. The molecule has 1 heterocycles. The summed E-state index contributed by atoms with van der Waals surface area (Å²) >= 11 is 0. The molecule has 0 spiro atoms. The molecular weight excluding hydrogens is 296 g/mol. The van der Waals surface area contributed by atoms with Crippen molar-refractivity contribution in [3.05, 3.63) is 72.6 Å². The molecule has 0 saturated heterocycles. The minimum absolute atomic E-state index is 0.856. The number of aryl methyl sites for hydroxylation is 1. The summed E-state index contributed by atoms with van der Waals surface area (Å²) in [5.74, 6) is 2.90. The fourth-order valence-electron chi connectivity index (χ4n) is 2.92. The maximum absolute atomic E-state index is 4.85. The second-order valence-corrected chi connectivity index (χ2v) is 5.55. The summed E-state index contributed by atoms with van der Waals surface area (Å²) in [6.45, 7) is 5.03. The first-order chi connectivity index (χ1) is 11.7. The number of anilines is 3. The van der Waals surface area contributed by atoms with Gasteiger partial charge in [0.25, 0.3) is 0 Å². The van der Waals surface area contributed by atoms with Gasteiger partial charge >= 0.3 is 0 Å². The maximum Gasteiger partial charge on any atom is 0.242 e. The summed E-state index contributed by atoms with van der Waals surface area (Å²) in [6.07, 6.45) is 0. The van der Waals surface area contributed by atoms with Gasteiger partial charge in [-0.3, -0.25) is 0 Å². The van der Waals surface area contributed by atoms with Gasteiger partial charge in [-0.2, -0.15) is 0 Å². The van der Waals surface area contributed by atoms with Crippen molar-refractivity contribution in [3.8, 4) is 5.69 Å². The Hall–Kier alpha value is -2.88. The zero-order valence-electron chi connectivity index (χ0n) is 14.4. The largest absolute Gasteiger partial charge is 0.313 e. The van der Waals surface area contributed by atoms with E-state index >= 15 is 0 Å². The molecule has 0 fully saturated rings. The van der Waals surface area contributed by atoms with Crippen LogP contribution in [0.1, 0.15) is 12.7 Å². The zero-order chi connectivity index (χ0) is 16.9. The standard InChI is InChI=1S/C20H22N4/c1-4-23(17-11-7-5-8-12-17)20-15-19(21-3)24(16(2)22-20)18-13-9-6-10-14-18/h5-15H,4H2,1-3H3/p+1. The monoisotopic (exact) mass is 319 g/mol. The smallest absolute Gasteiger partial charge is 0.242 e. The lowest BCUT2D eigenvalue weighted by molar-refractivity contribution is -0.591. The first kappa shape index (κ1) is 16.0. The predicted octanol–water partition coefficient (Wildman–Crippen LogP) is 3.87. The van der Waals surface area contributed by atoms with Crippen LogP contribution in [0.25, 0.3) is 5.69 Å². The highest BCUT2D eigenvalue weighted by molar-refractivity contribution is 5.61. The molecule has 1 N–H and O–H groups in total. The third kappa shape index (κ3) is 3.08. The highest BCUT2D eigenvalue weighted by Gasteiger charge is 2.20. The Bertz CT molecular complexity index is 801. The third-order valence-corrected chi connectivity index (χ3v) is 4.04. The van der Waals surface area contributed by atoms with Crippen LogP contribution >= 0.6 is 0 Å². The van der Waals surface area contributed by atoms with Crippen LogP contribution in [0.4, 0.5) is 17.3 Å². The molecule has 24 heavy (non-hydrogen) atoms. The molecule has 4 heteroatoms. The van der Waals surface area contributed by atoms with Crippen LogP contribution in [-0.2, 0) is 0 Å². The Balaban J connectivity index is 2.10. The van der Waals surface area contributed by atoms with Crippen LogP contribution < -0.4 is 14.8 Å². The molecule has 0 amide bonds. The van der Waals surface area contributed by atoms with E-state index < -0.39 is 0 Å². The molecule has 0 aliphatic heterocycles. The van der Waals surface area contributed by atoms with Crippen molar-refractivity contribution in [2.24, 2.45) is 0 Å². The average Bonchev–Trinajstić information content (AvgIpc) is 2.63. The molecule has 0 atom stereocenters. The summed E-state index contributed by atoms with van der Waals surface area (Å²) in [4.78, 5) is 7.07. The van der Waals surface area contributed by atoms with Crippen molar-refractivity contribution in [3.63, 3.8) is 0 Å². The van der Waals surface area contributed by atoms with E-state index in [1.54, 1.807) is 0 Å². The van der Waals surface area contributed by atoms with Crippen molar-refractivity contribution in [1.29, 1.82) is 0 Å². The van der Waals surface area contributed by atoms with Gasteiger partial charge < -0.3 is 10.2 Å². The van der Waals surface area contributed by atoms with E-state index in [-0.39, 0.29) is 0 Å². The Labute approximate surface area is 143 Å². The van der Waals surface area contributed by atoms with Crippen molar-refractivity contribution in [2.75, 3.05) is 23.8 Å². The SMILES string of the molecule is CCN(c1ccccc1)c1cc(NC)[n+](-c2ccccc2)c(C)n1. The number of aromatic nitrogens is 2. The third-order valence-electron chi connectivity index (χ3n) is 4.04. The number of nitrogens with zero attached hydrogens (tertiary/aromatic N) is 3. The summed E-state index contributed by atoms with van der Waals surface area (Å²) in [6, 6.07) is 22.7. The molecule has 0 saturated carbocycles. The van der Waals surface area contributed by atoms with Crippen LogP contribution in [0, 0.1) is 6.92 Å². The molecular formula is C20H23N4+. The molecule has 0 aliphatic carbocycles. The summed E-state index contributed by atoms with van der Waals surface area (Å²) in [5.41, 5.74) is 2.24. The van der Waals surface area contributed by atoms with Gasteiger partial charge in [0.2, 0.25) is 17.5 Å². The van der Waals surface area contributed by atoms with Crippen molar-refractivity contribution in [1.82, 2.24) is 4.98 Å². The Kier molecular flexibility index (Phi) is 4.75. The van der Waals surface area contributed by atoms with Gasteiger partial charge in [0.1, 0.15) is 5.69 Å². The molecule has 1 aromatic heterocycles. The first-order valence-corrected chi connectivity index (χ1v) is 8.24. The van der Waals surface area contributed by atoms with Gasteiger partial charge in [0.15, 0.2) is 0 Å². The van der Waals surface area contributed by atoms with E-state index in [0.29, 0.717) is 0 Å². The normalized spacial score (nSPS) is 10.5. The fraction of sp³-hybridized carbons (Fsp3) is 0.200. The molecule has 3 rings (SSSR count). The molecule has 0 radical (unpaired) electrons. The van der Waals surface area contributed by atoms with Gasteiger partial charge in [0, 0.05) is 26.2 Å². The predicted molar refractivity (Wildman–Crippen MR) is 99.2 cm³/mol. The van der Waals surface area contributed by atoms with Gasteiger partial charge in [0.05, 0.1) is 6.07 Å². The molecule has 4 nitrogen and oxygen atoms in total. The maximum atomic E-state index is 4.85. The molecule has 122 valence electrons. The van der Waals surface area contributed by atoms with E-state index in [1.165, 1.54) is 0 Å². The van der Waals surface area contributed by atoms with Crippen LogP contribution in [0.2, 0.25) is 0 Å². The summed E-state index contributed by atoms with van der Waals surface area (Å²) in [5, 5.41) is 3.30. The summed E-state index contributed by atoms with van der Waals surface area (Å²) < 4.78 is 2.13. The topological polar surface area (TPSA) is 32.0 Å². The van der Waals surface area contributed by atoms with E-state index in [2.05, 4.69) is 64.2 Å². The zero-order valence-corrected chi connectivity index (χ0v) is 14.4. The quantitative estimate of drug-likeness (QED) is 0.725. The molecule has 0 aliphatic rings. The summed E-state index contributed by atoms with van der Waals surface area (Å²) in [7, 11) is 1.94. The number of hydrogen-bond acceptors (Lipinski definition) is 3. The highest BCUT2D eigenvalue weighted by Crippen LogP contribution is 2.24. The van der Waals surface area contributed by atoms with Crippen molar-refractivity contribution < 1.29 is 4.57 Å². The number of hydrogen-bond donors (Lipinski definition) is 1. The van der Waals surface area contributed by atoms with Gasteiger partial charge in [-0.15, -0.1) is 0 Å². The fourth-order valence-corrected chi connectivity index (χ4v) is 2.92. The Morgan fingerprint density at radius 3 is 2.21 bits per heavy atom. The molecule has 2 aromatic carbocycles. The lowest BCUT2D eigenvalue weighted by Gasteiger charge is -2.21. The van der Waals surface area contributed by atoms with Crippen LogP contribution in [0.5, 0.6) is 0 Å². The Morgan fingerprint density at radius 2 is 1.62 bits per heavy atom. The van der Waals surface area contributed by atoms with Crippen LogP contribution in [0.15, 0.2) is 66.7 Å². The van der Waals surface area contributed by atoms with Crippen LogP contribution in [0.3, 0.4) is 0 Å². The average molecular weight is 319 g/mol. The second kappa shape index (κ2) is 7.13. The lowest BCUT2D eigenvalue weighted by Crippen LogP contribution is -2.39. The van der Waals surface area contributed by atoms with Crippen molar-refractivity contribution in [2.45, 2.75) is 13.8 Å². The number of para-hydroxylation sites is 2. The van der Waals surface area contributed by atoms with Gasteiger partial charge in [-0.25, -0.2) is 4.57 Å². The van der Waals surface area contributed by atoms with Crippen LogP contribution in [-0.4, -0.2) is 18.6 Å². The highest BCUT2D eigenvalue weighted by atomic mass is 15.2. The minimum atomic E-state index is 0.856. The number of nitrogens with one attached hydrogen (secondary N) is 1. The Morgan fingerprint density at radius 1 is 1.00 bits per heavy atom. The lowest BCUT2D eigenvalue weighted by atomic mass is 10.2.